The summed E-state index contributed by atoms with van der Waals surface area (Å²) in [5.74, 6) is 1.21. The van der Waals surface area contributed by atoms with Gasteiger partial charge < -0.3 is 19.5 Å². The van der Waals surface area contributed by atoms with Gasteiger partial charge in [0.05, 0.1) is 23.1 Å². The second kappa shape index (κ2) is 9.88. The van der Waals surface area contributed by atoms with Crippen LogP contribution in [0, 0.1) is 5.92 Å². The number of imidazole rings is 1. The fourth-order valence-corrected chi connectivity index (χ4v) is 6.03. The highest BCUT2D eigenvalue weighted by atomic mass is 32.1. The Labute approximate surface area is 204 Å². The molecule has 3 heterocycles. The first-order valence-corrected chi connectivity index (χ1v) is 13.1. The molecule has 1 aliphatic carbocycles. The molecule has 3 aromatic rings. The van der Waals surface area contributed by atoms with Crippen molar-refractivity contribution in [2.75, 3.05) is 19.0 Å². The van der Waals surface area contributed by atoms with E-state index < -0.39 is 0 Å². The Hall–Kier alpha value is -2.71. The van der Waals surface area contributed by atoms with E-state index >= 15 is 0 Å². The van der Waals surface area contributed by atoms with Crippen LogP contribution in [-0.4, -0.2) is 39.9 Å². The van der Waals surface area contributed by atoms with Crippen LogP contribution in [0.4, 0.5) is 5.69 Å². The molecule has 1 aliphatic heterocycles. The van der Waals surface area contributed by atoms with Gasteiger partial charge >= 0.3 is 0 Å². The number of amides is 2. The van der Waals surface area contributed by atoms with Crippen LogP contribution in [-0.2, 0) is 23.1 Å². The molecule has 8 heteroatoms. The van der Waals surface area contributed by atoms with E-state index in [0.29, 0.717) is 35.7 Å². The largest absolute Gasteiger partial charge is 0.370 e. The lowest BCUT2D eigenvalue weighted by molar-refractivity contribution is -0.117. The normalized spacial score (nSPS) is 18.6. The van der Waals surface area contributed by atoms with Crippen LogP contribution in [0.25, 0.3) is 11.0 Å². The number of thiophene rings is 1. The van der Waals surface area contributed by atoms with Crippen LogP contribution in [0.5, 0.6) is 0 Å². The van der Waals surface area contributed by atoms with Crippen LogP contribution in [0.2, 0.25) is 0 Å². The number of anilines is 1. The molecule has 0 bridgehead atoms. The van der Waals surface area contributed by atoms with Gasteiger partial charge in [0, 0.05) is 37.7 Å². The lowest BCUT2D eigenvalue weighted by Gasteiger charge is -2.18. The summed E-state index contributed by atoms with van der Waals surface area (Å²) in [4.78, 5) is 34.1. The number of carbonyl (C=O) groups excluding carboxylic acids is 2. The molecule has 1 saturated heterocycles. The molecule has 7 nitrogen and oxygen atoms in total. The van der Waals surface area contributed by atoms with E-state index in [-0.39, 0.29) is 17.9 Å². The molecule has 1 atom stereocenters. The van der Waals surface area contributed by atoms with Crippen molar-refractivity contribution < 1.29 is 14.3 Å². The molecule has 2 aromatic heterocycles. The van der Waals surface area contributed by atoms with Crippen molar-refractivity contribution in [3.8, 4) is 0 Å². The van der Waals surface area contributed by atoms with Gasteiger partial charge in [0.25, 0.3) is 5.91 Å². The first-order valence-electron chi connectivity index (χ1n) is 12.2. The highest BCUT2D eigenvalue weighted by molar-refractivity contribution is 7.09. The Balaban J connectivity index is 1.48. The third-order valence-electron chi connectivity index (χ3n) is 7.00. The first-order chi connectivity index (χ1) is 16.5. The van der Waals surface area contributed by atoms with Gasteiger partial charge in [-0.15, -0.1) is 11.3 Å². The van der Waals surface area contributed by atoms with Gasteiger partial charge in [0.15, 0.2) is 0 Å². The average Bonchev–Trinajstić information content (AvgIpc) is 3.61. The number of nitrogens with one attached hydrogen (secondary N) is 1. The van der Waals surface area contributed by atoms with Crippen molar-refractivity contribution in [3.05, 3.63) is 45.9 Å². The molecule has 2 amide bonds. The van der Waals surface area contributed by atoms with Crippen molar-refractivity contribution in [1.29, 1.82) is 0 Å². The summed E-state index contributed by atoms with van der Waals surface area (Å²) >= 11 is 1.63. The number of hydrogen-bond donors (Lipinski definition) is 1. The number of aromatic nitrogens is 2. The smallest absolute Gasteiger partial charge is 0.256 e. The Morgan fingerprint density at radius 3 is 2.76 bits per heavy atom. The van der Waals surface area contributed by atoms with Gasteiger partial charge in [-0.2, -0.15) is 0 Å². The number of nitrogens with zero attached hydrogens (tertiary/aromatic N) is 3. The predicted molar refractivity (Wildman–Crippen MR) is 134 cm³/mol. The molecular weight excluding hydrogens is 448 g/mol. The molecule has 34 heavy (non-hydrogen) atoms. The van der Waals surface area contributed by atoms with Crippen molar-refractivity contribution in [2.45, 2.75) is 57.6 Å². The molecule has 1 saturated carbocycles. The van der Waals surface area contributed by atoms with Gasteiger partial charge in [-0.25, -0.2) is 4.98 Å². The first kappa shape index (κ1) is 23.1. The van der Waals surface area contributed by atoms with Gasteiger partial charge in [0.1, 0.15) is 11.9 Å². The van der Waals surface area contributed by atoms with Crippen LogP contribution in [0.3, 0.4) is 0 Å². The number of rotatable bonds is 7. The highest BCUT2D eigenvalue weighted by Gasteiger charge is 2.27. The minimum Gasteiger partial charge on any atom is -0.370 e. The third-order valence-corrected chi connectivity index (χ3v) is 7.87. The van der Waals surface area contributed by atoms with Crippen molar-refractivity contribution in [3.63, 3.8) is 0 Å². The van der Waals surface area contributed by atoms with E-state index in [1.54, 1.807) is 16.2 Å². The third kappa shape index (κ3) is 4.74. The molecule has 1 aromatic carbocycles. The lowest BCUT2D eigenvalue weighted by atomic mass is 10.0. The van der Waals surface area contributed by atoms with Crippen LogP contribution < -0.4 is 5.32 Å². The summed E-state index contributed by atoms with van der Waals surface area (Å²) in [5.41, 5.74) is 2.66. The molecular formula is C26H32N4O3S. The predicted octanol–water partition coefficient (Wildman–Crippen LogP) is 5.28. The van der Waals surface area contributed by atoms with Gasteiger partial charge in [-0.1, -0.05) is 18.9 Å². The maximum atomic E-state index is 13.6. The highest BCUT2D eigenvalue weighted by Crippen LogP contribution is 2.33. The van der Waals surface area contributed by atoms with Gasteiger partial charge in [-0.05, 0) is 55.2 Å². The van der Waals surface area contributed by atoms with Gasteiger partial charge in [0.2, 0.25) is 5.91 Å². The van der Waals surface area contributed by atoms with Crippen molar-refractivity contribution >= 4 is 39.9 Å². The topological polar surface area (TPSA) is 76.5 Å². The Morgan fingerprint density at radius 2 is 2.06 bits per heavy atom. The molecule has 0 radical (unpaired) electrons. The molecule has 1 N–H and O–H groups in total. The fraction of sp³-hybridized carbons (Fsp3) is 0.500. The number of aryl methyl sites for hydroxylation is 1. The van der Waals surface area contributed by atoms with Crippen molar-refractivity contribution in [1.82, 2.24) is 14.5 Å². The zero-order valence-corrected chi connectivity index (χ0v) is 20.7. The Bertz CT molecular complexity index is 1170. The number of benzene rings is 1. The van der Waals surface area contributed by atoms with Crippen LogP contribution in [0.15, 0.2) is 29.6 Å². The van der Waals surface area contributed by atoms with Crippen LogP contribution >= 0.6 is 11.3 Å². The minimum absolute atomic E-state index is 0.00636. The molecule has 2 aliphatic rings. The van der Waals surface area contributed by atoms with E-state index in [1.807, 2.05) is 48.3 Å². The molecule has 5 rings (SSSR count). The molecule has 180 valence electrons. The summed E-state index contributed by atoms with van der Waals surface area (Å²) in [7, 11) is 3.76. The zero-order valence-electron chi connectivity index (χ0n) is 19.9. The van der Waals surface area contributed by atoms with E-state index in [1.165, 1.54) is 12.8 Å². The Morgan fingerprint density at radius 1 is 1.24 bits per heavy atom. The molecule has 0 spiro atoms. The van der Waals surface area contributed by atoms with E-state index in [2.05, 4.69) is 5.32 Å². The summed E-state index contributed by atoms with van der Waals surface area (Å²) in [5, 5.41) is 5.07. The number of hydrogen-bond acceptors (Lipinski definition) is 5. The lowest BCUT2D eigenvalue weighted by Crippen LogP contribution is -2.26. The monoisotopic (exact) mass is 480 g/mol. The SMILES string of the molecule is CN(Cc1cccs1)C(=O)c1cc(NC(=O)CC2CCCC2)cc2nc([C@@H]3CCCO3)n(C)c12. The van der Waals surface area contributed by atoms with Crippen molar-refractivity contribution in [2.24, 2.45) is 13.0 Å². The van der Waals surface area contributed by atoms with E-state index in [0.717, 1.165) is 48.5 Å². The second-order valence-electron chi connectivity index (χ2n) is 9.57. The molecule has 0 unspecified atom stereocenters. The van der Waals surface area contributed by atoms with Gasteiger partial charge in [-0.3, -0.25) is 9.59 Å². The maximum absolute atomic E-state index is 13.6. The van der Waals surface area contributed by atoms with E-state index in [9.17, 15) is 9.59 Å². The minimum atomic E-state index is -0.0906. The zero-order chi connectivity index (χ0) is 23.7. The fourth-order valence-electron chi connectivity index (χ4n) is 5.28. The number of ether oxygens (including phenoxy) is 1. The quantitative estimate of drug-likeness (QED) is 0.499. The summed E-state index contributed by atoms with van der Waals surface area (Å²) < 4.78 is 7.88. The Kier molecular flexibility index (Phi) is 6.70. The molecule has 2 fully saturated rings. The van der Waals surface area contributed by atoms with Crippen LogP contribution in [0.1, 0.15) is 72.1 Å². The summed E-state index contributed by atoms with van der Waals surface area (Å²) in [6.07, 6.45) is 7.05. The second-order valence-corrected chi connectivity index (χ2v) is 10.6. The summed E-state index contributed by atoms with van der Waals surface area (Å²) in [6.45, 7) is 1.26. The average molecular weight is 481 g/mol. The number of fused-ring (bicyclic) bond motifs is 1. The summed E-state index contributed by atoms with van der Waals surface area (Å²) in [6, 6.07) is 7.72. The maximum Gasteiger partial charge on any atom is 0.256 e. The number of carbonyl (C=O) groups is 2. The standard InChI is InChI=1S/C26H32N4O3S/c1-29(16-19-9-6-12-34-19)26(32)20-14-18(27-23(31)13-17-7-3-4-8-17)15-21-24(20)30(2)25(28-21)22-10-5-11-33-22/h6,9,12,14-15,17,22H,3-5,7-8,10-11,13,16H2,1-2H3,(H,27,31)/t22-/m0/s1. The van der Waals surface area contributed by atoms with E-state index in [4.69, 9.17) is 9.72 Å².